The molecule has 0 saturated carbocycles. The van der Waals surface area contributed by atoms with Crippen LogP contribution in [0.3, 0.4) is 0 Å². The third kappa shape index (κ3) is 2.78. The van der Waals surface area contributed by atoms with Crippen molar-refractivity contribution >= 4 is 29.3 Å². The number of para-hydroxylation sites is 1. The fourth-order valence-electron chi connectivity index (χ4n) is 1.02. The Kier molecular flexibility index (Phi) is 3.41. The molecule has 0 aliphatic rings. The molecule has 78 valence electrons. The molecule has 1 aromatic rings. The van der Waals surface area contributed by atoms with Gasteiger partial charge in [0.05, 0.1) is 10.5 Å². The first-order valence-electron chi connectivity index (χ1n) is 3.86. The Morgan fingerprint density at radius 1 is 1.53 bits per heavy atom. The van der Waals surface area contributed by atoms with E-state index in [-0.39, 0.29) is 16.3 Å². The molecule has 1 N–H and O–H groups in total. The molecule has 0 aliphatic heterocycles. The van der Waals surface area contributed by atoms with Gasteiger partial charge in [-0.3, -0.25) is 10.1 Å². The van der Waals surface area contributed by atoms with E-state index < -0.39 is 10.9 Å². The van der Waals surface area contributed by atoms with Crippen molar-refractivity contribution in [2.24, 2.45) is 0 Å². The van der Waals surface area contributed by atoms with E-state index in [0.29, 0.717) is 0 Å². The summed E-state index contributed by atoms with van der Waals surface area (Å²) in [4.78, 5) is 20.2. The largest absolute Gasteiger partial charge is 0.478 e. The van der Waals surface area contributed by atoms with Gasteiger partial charge >= 0.3 is 5.97 Å². The number of rotatable bonds is 3. The maximum Gasteiger partial charge on any atom is 0.328 e. The molecule has 1 rings (SSSR count). The van der Waals surface area contributed by atoms with E-state index in [0.717, 1.165) is 12.2 Å². The highest BCUT2D eigenvalue weighted by molar-refractivity contribution is 6.33. The molecule has 0 aromatic heterocycles. The second kappa shape index (κ2) is 4.56. The number of aliphatic carboxylic acids is 1. The van der Waals surface area contributed by atoms with Gasteiger partial charge in [0, 0.05) is 6.08 Å². The van der Waals surface area contributed by atoms with Gasteiger partial charge in [0.1, 0.15) is 5.02 Å². The van der Waals surface area contributed by atoms with Crippen LogP contribution in [0.4, 0.5) is 5.69 Å². The second-order valence-corrected chi connectivity index (χ2v) is 3.01. The Hall–Kier alpha value is -1.88. The van der Waals surface area contributed by atoms with Crippen LogP contribution >= 0.6 is 11.6 Å². The number of benzene rings is 1. The minimum atomic E-state index is -1.18. The topological polar surface area (TPSA) is 80.4 Å². The lowest BCUT2D eigenvalue weighted by Crippen LogP contribution is -1.93. The molecule has 0 unspecified atom stereocenters. The lowest BCUT2D eigenvalue weighted by atomic mass is 10.1. The normalized spacial score (nSPS) is 10.5. The molecular weight excluding hydrogens is 222 g/mol. The van der Waals surface area contributed by atoms with Gasteiger partial charge in [-0.25, -0.2) is 4.79 Å². The van der Waals surface area contributed by atoms with Gasteiger partial charge < -0.3 is 5.11 Å². The maximum atomic E-state index is 10.6. The van der Waals surface area contributed by atoms with Gasteiger partial charge in [-0.1, -0.05) is 17.7 Å². The van der Waals surface area contributed by atoms with Gasteiger partial charge in [0.2, 0.25) is 0 Å². The number of halogens is 1. The molecule has 1 aromatic carbocycles. The van der Waals surface area contributed by atoms with Crippen LogP contribution in [0.5, 0.6) is 0 Å². The quantitative estimate of drug-likeness (QED) is 0.488. The average molecular weight is 228 g/mol. The Morgan fingerprint density at radius 2 is 2.20 bits per heavy atom. The van der Waals surface area contributed by atoms with Gasteiger partial charge in [-0.05, 0) is 18.2 Å². The minimum Gasteiger partial charge on any atom is -0.478 e. The second-order valence-electron chi connectivity index (χ2n) is 2.61. The predicted molar refractivity (Wildman–Crippen MR) is 54.8 cm³/mol. The summed E-state index contributed by atoms with van der Waals surface area (Å²) >= 11 is 5.62. The molecule has 0 heterocycles. The summed E-state index contributed by atoms with van der Waals surface area (Å²) in [6.45, 7) is 0. The molecule has 5 nitrogen and oxygen atoms in total. The molecule has 0 spiro atoms. The smallest absolute Gasteiger partial charge is 0.328 e. The number of nitro groups is 1. The number of nitrogens with zero attached hydrogens (tertiary/aromatic N) is 1. The van der Waals surface area contributed by atoms with Crippen molar-refractivity contribution in [1.29, 1.82) is 0 Å². The molecule has 0 radical (unpaired) electrons. The Balaban J connectivity index is 3.23. The highest BCUT2D eigenvalue weighted by Crippen LogP contribution is 2.28. The van der Waals surface area contributed by atoms with Crippen molar-refractivity contribution in [3.05, 3.63) is 45.0 Å². The van der Waals surface area contributed by atoms with Crippen molar-refractivity contribution in [2.75, 3.05) is 0 Å². The summed E-state index contributed by atoms with van der Waals surface area (Å²) in [5, 5.41) is 19.0. The molecule has 0 atom stereocenters. The molecular formula is C9H6ClNO4. The van der Waals surface area contributed by atoms with Crippen LogP contribution in [-0.4, -0.2) is 16.0 Å². The summed E-state index contributed by atoms with van der Waals surface area (Å²) in [5.74, 6) is -1.18. The molecule has 6 heteroatoms. The number of nitro benzene ring substituents is 1. The van der Waals surface area contributed by atoms with Gasteiger partial charge in [-0.2, -0.15) is 0 Å². The van der Waals surface area contributed by atoms with Crippen LogP contribution < -0.4 is 0 Å². The number of carboxylic acid groups (broad SMARTS) is 1. The highest BCUT2D eigenvalue weighted by atomic mass is 35.5. The Morgan fingerprint density at radius 3 is 2.73 bits per heavy atom. The van der Waals surface area contributed by atoms with E-state index in [1.165, 1.54) is 18.2 Å². The SMILES string of the molecule is O=C(O)/C=C/c1cccc(Cl)c1[N+](=O)[O-]. The van der Waals surface area contributed by atoms with E-state index >= 15 is 0 Å². The highest BCUT2D eigenvalue weighted by Gasteiger charge is 2.16. The number of hydrogen-bond donors (Lipinski definition) is 1. The lowest BCUT2D eigenvalue weighted by molar-refractivity contribution is -0.384. The molecule has 0 bridgehead atoms. The number of carboxylic acids is 1. The van der Waals surface area contributed by atoms with Crippen LogP contribution in [0.25, 0.3) is 6.08 Å². The van der Waals surface area contributed by atoms with Crippen LogP contribution in [-0.2, 0) is 4.79 Å². The monoisotopic (exact) mass is 227 g/mol. The zero-order valence-electron chi connectivity index (χ0n) is 7.38. The lowest BCUT2D eigenvalue weighted by Gasteiger charge is -1.98. The van der Waals surface area contributed by atoms with E-state index in [2.05, 4.69) is 0 Å². The predicted octanol–water partition coefficient (Wildman–Crippen LogP) is 2.35. The summed E-state index contributed by atoms with van der Waals surface area (Å²) in [7, 11) is 0. The molecule has 0 fully saturated rings. The van der Waals surface area contributed by atoms with Crippen LogP contribution in [0.15, 0.2) is 24.3 Å². The molecule has 0 amide bonds. The molecule has 15 heavy (non-hydrogen) atoms. The van der Waals surface area contributed by atoms with Crippen molar-refractivity contribution in [1.82, 2.24) is 0 Å². The summed E-state index contributed by atoms with van der Waals surface area (Å²) in [5.41, 5.74) is -0.133. The van der Waals surface area contributed by atoms with E-state index in [1.807, 2.05) is 0 Å². The third-order valence-corrected chi connectivity index (χ3v) is 1.91. The van der Waals surface area contributed by atoms with E-state index in [4.69, 9.17) is 16.7 Å². The fourth-order valence-corrected chi connectivity index (χ4v) is 1.27. The van der Waals surface area contributed by atoms with Crippen molar-refractivity contribution in [2.45, 2.75) is 0 Å². The number of carbonyl (C=O) groups is 1. The fraction of sp³-hybridized carbons (Fsp3) is 0. The third-order valence-electron chi connectivity index (χ3n) is 1.61. The summed E-state index contributed by atoms with van der Waals surface area (Å²) in [6.07, 6.45) is 1.95. The summed E-state index contributed by atoms with van der Waals surface area (Å²) in [6, 6.07) is 4.30. The van der Waals surface area contributed by atoms with Crippen LogP contribution in [0.2, 0.25) is 5.02 Å². The zero-order valence-corrected chi connectivity index (χ0v) is 8.14. The van der Waals surface area contributed by atoms with Crippen LogP contribution in [0.1, 0.15) is 5.56 Å². The van der Waals surface area contributed by atoms with Crippen molar-refractivity contribution < 1.29 is 14.8 Å². The Labute approximate surface area is 89.7 Å². The summed E-state index contributed by atoms with van der Waals surface area (Å²) < 4.78 is 0. The van der Waals surface area contributed by atoms with Crippen molar-refractivity contribution in [3.8, 4) is 0 Å². The first kappa shape index (κ1) is 11.2. The van der Waals surface area contributed by atoms with Gasteiger partial charge in [0.15, 0.2) is 0 Å². The average Bonchev–Trinajstić information content (AvgIpc) is 2.13. The zero-order chi connectivity index (χ0) is 11.4. The van der Waals surface area contributed by atoms with Crippen molar-refractivity contribution in [3.63, 3.8) is 0 Å². The van der Waals surface area contributed by atoms with Crippen LogP contribution in [0, 0.1) is 10.1 Å². The Bertz CT molecular complexity index is 442. The van der Waals surface area contributed by atoms with E-state index in [1.54, 1.807) is 0 Å². The maximum absolute atomic E-state index is 10.6. The number of hydrogen-bond acceptors (Lipinski definition) is 3. The van der Waals surface area contributed by atoms with Gasteiger partial charge in [-0.15, -0.1) is 0 Å². The van der Waals surface area contributed by atoms with E-state index in [9.17, 15) is 14.9 Å². The van der Waals surface area contributed by atoms with Gasteiger partial charge in [0.25, 0.3) is 5.69 Å². The first-order chi connectivity index (χ1) is 7.02. The minimum absolute atomic E-state index is 0.0208. The molecule has 0 aliphatic carbocycles. The molecule has 0 saturated heterocycles. The first-order valence-corrected chi connectivity index (χ1v) is 4.24. The standard InChI is InChI=1S/C9H6ClNO4/c10-7-3-1-2-6(4-5-8(12)13)9(7)11(14)15/h1-5H,(H,12,13)/b5-4+.